The third-order valence-electron chi connectivity index (χ3n) is 2.85. The average Bonchev–Trinajstić information content (AvgIpc) is 2.20. The lowest BCUT2D eigenvalue weighted by atomic mass is 10.1. The Hall–Kier alpha value is -1.40. The molecular weight excluding hydrogens is 250 g/mol. The molecule has 100 valence electrons. The van der Waals surface area contributed by atoms with E-state index in [9.17, 15) is 8.42 Å². The molecule has 0 amide bonds. The molecule has 1 aromatic carbocycles. The Balaban J connectivity index is 3.15. The van der Waals surface area contributed by atoms with E-state index in [4.69, 9.17) is 11.1 Å². The number of aryl methyl sites for hydroxylation is 2. The van der Waals surface area contributed by atoms with Crippen LogP contribution in [0, 0.1) is 19.3 Å². The third-order valence-corrected chi connectivity index (χ3v) is 4.51. The van der Waals surface area contributed by atoms with Gasteiger partial charge in [-0.1, -0.05) is 6.07 Å². The van der Waals surface area contributed by atoms with Gasteiger partial charge in [0.05, 0.1) is 10.4 Å². The van der Waals surface area contributed by atoms with Crippen LogP contribution in [-0.4, -0.2) is 19.8 Å². The van der Waals surface area contributed by atoms with E-state index in [0.717, 1.165) is 11.1 Å². The second-order valence-electron chi connectivity index (χ2n) is 4.89. The van der Waals surface area contributed by atoms with E-state index in [-0.39, 0.29) is 10.7 Å². The minimum absolute atomic E-state index is 0.180. The summed E-state index contributed by atoms with van der Waals surface area (Å²) in [7, 11) is -3.67. The molecule has 0 bridgehead atoms. The molecule has 0 aliphatic rings. The van der Waals surface area contributed by atoms with E-state index >= 15 is 0 Å². The Morgan fingerprint density at radius 3 is 2.28 bits per heavy atom. The first-order valence-electron chi connectivity index (χ1n) is 5.52. The fraction of sp³-hybridized carbons (Fsp3) is 0.417. The van der Waals surface area contributed by atoms with E-state index in [2.05, 4.69) is 4.72 Å². The SMILES string of the molecule is Cc1ccc(S(=O)(=O)NC(C)(C)C(=N)N)cc1C. The molecular formula is C12H19N3O2S. The first kappa shape index (κ1) is 14.7. The summed E-state index contributed by atoms with van der Waals surface area (Å²) in [5, 5.41) is 7.37. The highest BCUT2D eigenvalue weighted by molar-refractivity contribution is 7.89. The van der Waals surface area contributed by atoms with Gasteiger partial charge in [0.2, 0.25) is 10.0 Å². The fourth-order valence-corrected chi connectivity index (χ4v) is 2.81. The zero-order valence-electron chi connectivity index (χ0n) is 11.0. The van der Waals surface area contributed by atoms with Gasteiger partial charge < -0.3 is 5.73 Å². The van der Waals surface area contributed by atoms with Crippen LogP contribution in [0.4, 0.5) is 0 Å². The van der Waals surface area contributed by atoms with Crippen LogP contribution < -0.4 is 10.5 Å². The number of nitrogens with two attached hydrogens (primary N) is 1. The third kappa shape index (κ3) is 3.08. The van der Waals surface area contributed by atoms with Crippen LogP contribution in [0.2, 0.25) is 0 Å². The molecule has 18 heavy (non-hydrogen) atoms. The molecule has 5 nitrogen and oxygen atoms in total. The molecule has 0 spiro atoms. The van der Waals surface area contributed by atoms with Crippen molar-refractivity contribution in [2.45, 2.75) is 38.1 Å². The average molecular weight is 269 g/mol. The molecule has 1 aromatic rings. The first-order valence-corrected chi connectivity index (χ1v) is 7.00. The molecule has 0 atom stereocenters. The van der Waals surface area contributed by atoms with Gasteiger partial charge in [-0.25, -0.2) is 8.42 Å². The predicted molar refractivity (Wildman–Crippen MR) is 72.2 cm³/mol. The van der Waals surface area contributed by atoms with E-state index in [1.807, 2.05) is 13.8 Å². The van der Waals surface area contributed by atoms with Crippen LogP contribution >= 0.6 is 0 Å². The summed E-state index contributed by atoms with van der Waals surface area (Å²) < 4.78 is 26.7. The molecule has 0 radical (unpaired) electrons. The van der Waals surface area contributed by atoms with E-state index in [1.165, 1.54) is 0 Å². The van der Waals surface area contributed by atoms with Crippen LogP contribution in [-0.2, 0) is 10.0 Å². The van der Waals surface area contributed by atoms with Gasteiger partial charge in [0.15, 0.2) is 0 Å². The number of nitrogens with one attached hydrogen (secondary N) is 2. The maximum atomic E-state index is 12.2. The lowest BCUT2D eigenvalue weighted by molar-refractivity contribution is 0.542. The Morgan fingerprint density at radius 1 is 1.28 bits per heavy atom. The Morgan fingerprint density at radius 2 is 1.83 bits per heavy atom. The zero-order valence-corrected chi connectivity index (χ0v) is 11.9. The van der Waals surface area contributed by atoms with Crippen LogP contribution in [0.1, 0.15) is 25.0 Å². The predicted octanol–water partition coefficient (Wildman–Crippen LogP) is 1.30. The second-order valence-corrected chi connectivity index (χ2v) is 6.57. The molecule has 0 heterocycles. The van der Waals surface area contributed by atoms with Gasteiger partial charge in [0, 0.05) is 0 Å². The lowest BCUT2D eigenvalue weighted by Crippen LogP contribution is -2.52. The summed E-state index contributed by atoms with van der Waals surface area (Å²) >= 11 is 0. The summed E-state index contributed by atoms with van der Waals surface area (Å²) in [6.07, 6.45) is 0. The van der Waals surface area contributed by atoms with Crippen molar-refractivity contribution in [1.82, 2.24) is 4.72 Å². The maximum Gasteiger partial charge on any atom is 0.241 e. The number of hydrogen-bond donors (Lipinski definition) is 3. The molecule has 1 rings (SSSR count). The van der Waals surface area contributed by atoms with Crippen LogP contribution in [0.3, 0.4) is 0 Å². The molecule has 0 unspecified atom stereocenters. The van der Waals surface area contributed by atoms with E-state index < -0.39 is 15.6 Å². The zero-order chi connectivity index (χ0) is 14.1. The van der Waals surface area contributed by atoms with E-state index in [0.29, 0.717) is 0 Å². The van der Waals surface area contributed by atoms with Crippen molar-refractivity contribution in [2.75, 3.05) is 0 Å². The van der Waals surface area contributed by atoms with Crippen LogP contribution in [0.25, 0.3) is 0 Å². The quantitative estimate of drug-likeness (QED) is 0.567. The van der Waals surface area contributed by atoms with Crippen LogP contribution in [0.15, 0.2) is 23.1 Å². The number of benzene rings is 1. The number of sulfonamides is 1. The summed E-state index contributed by atoms with van der Waals surface area (Å²) in [5.41, 5.74) is 6.20. The summed E-state index contributed by atoms with van der Waals surface area (Å²) in [6, 6.07) is 4.90. The Bertz CT molecular complexity index is 577. The standard InChI is InChI=1S/C12H19N3O2S/c1-8-5-6-10(7-9(8)2)18(16,17)15-12(3,4)11(13)14/h5-7,15H,1-4H3,(H3,13,14). The van der Waals surface area contributed by atoms with Gasteiger partial charge in [-0.15, -0.1) is 0 Å². The minimum atomic E-state index is -3.67. The maximum absolute atomic E-state index is 12.2. The van der Waals surface area contributed by atoms with Gasteiger partial charge in [0.1, 0.15) is 5.84 Å². The van der Waals surface area contributed by atoms with Crippen molar-refractivity contribution in [3.63, 3.8) is 0 Å². The van der Waals surface area contributed by atoms with Gasteiger partial charge >= 0.3 is 0 Å². The highest BCUT2D eigenvalue weighted by Crippen LogP contribution is 2.16. The van der Waals surface area contributed by atoms with Crippen molar-refractivity contribution < 1.29 is 8.42 Å². The minimum Gasteiger partial charge on any atom is -0.386 e. The number of rotatable bonds is 4. The lowest BCUT2D eigenvalue weighted by Gasteiger charge is -2.24. The number of hydrogen-bond acceptors (Lipinski definition) is 3. The van der Waals surface area contributed by atoms with Crippen molar-refractivity contribution in [1.29, 1.82) is 5.41 Å². The number of amidine groups is 1. The summed E-state index contributed by atoms with van der Waals surface area (Å²) in [5.74, 6) is -0.227. The monoisotopic (exact) mass is 269 g/mol. The summed E-state index contributed by atoms with van der Waals surface area (Å²) in [4.78, 5) is 0.180. The molecule has 6 heteroatoms. The van der Waals surface area contributed by atoms with Gasteiger partial charge in [-0.2, -0.15) is 4.72 Å². The topological polar surface area (TPSA) is 96.0 Å². The molecule has 4 N–H and O–H groups in total. The first-order chi connectivity index (χ1) is 8.06. The molecule has 0 fully saturated rings. The van der Waals surface area contributed by atoms with E-state index in [1.54, 1.807) is 32.0 Å². The summed E-state index contributed by atoms with van der Waals surface area (Å²) in [6.45, 7) is 6.87. The smallest absolute Gasteiger partial charge is 0.241 e. The molecule has 0 aliphatic carbocycles. The second kappa shape index (κ2) is 4.70. The largest absolute Gasteiger partial charge is 0.386 e. The van der Waals surface area contributed by atoms with Gasteiger partial charge in [-0.3, -0.25) is 5.41 Å². The molecule has 0 saturated carbocycles. The van der Waals surface area contributed by atoms with Crippen molar-refractivity contribution in [2.24, 2.45) is 5.73 Å². The van der Waals surface area contributed by atoms with Gasteiger partial charge in [0.25, 0.3) is 0 Å². The highest BCUT2D eigenvalue weighted by atomic mass is 32.2. The normalized spacial score (nSPS) is 12.4. The Labute approximate surface area is 108 Å². The fourth-order valence-electron chi connectivity index (χ4n) is 1.33. The molecule has 0 aromatic heterocycles. The molecule has 0 saturated heterocycles. The Kier molecular flexibility index (Phi) is 3.83. The molecule has 0 aliphatic heterocycles. The van der Waals surface area contributed by atoms with Crippen molar-refractivity contribution in [3.05, 3.63) is 29.3 Å². The van der Waals surface area contributed by atoms with Crippen molar-refractivity contribution >= 4 is 15.9 Å². The van der Waals surface area contributed by atoms with Gasteiger partial charge in [-0.05, 0) is 51.0 Å². The van der Waals surface area contributed by atoms with Crippen LogP contribution in [0.5, 0.6) is 0 Å². The van der Waals surface area contributed by atoms with Crippen molar-refractivity contribution in [3.8, 4) is 0 Å². The highest BCUT2D eigenvalue weighted by Gasteiger charge is 2.28.